The number of hydrogen-bond acceptors (Lipinski definition) is 3. The molecule has 118 valence electrons. The van der Waals surface area contributed by atoms with Crippen molar-refractivity contribution in [1.82, 2.24) is 20.4 Å². The van der Waals surface area contributed by atoms with Crippen LogP contribution in [0.15, 0.2) is 42.7 Å². The summed E-state index contributed by atoms with van der Waals surface area (Å²) in [7, 11) is 1.61. The molecule has 1 aromatic carbocycles. The Morgan fingerprint density at radius 3 is 2.77 bits per heavy atom. The van der Waals surface area contributed by atoms with Gasteiger partial charge in [-0.05, 0) is 24.1 Å². The number of carbonyl (C=O) groups excluding carboxylic acids is 1. The standard InChI is InChI=1S/C16H22N4O2/c1-13(12-22-2)19-16(21)17-10-14-6-3-4-7-15(14)11-20-9-5-8-18-20/h3-9,13H,10-12H2,1-2H3,(H2,17,19,21). The quantitative estimate of drug-likeness (QED) is 0.819. The van der Waals surface area contributed by atoms with Gasteiger partial charge in [0.05, 0.1) is 19.2 Å². The lowest BCUT2D eigenvalue weighted by molar-refractivity contribution is 0.171. The van der Waals surface area contributed by atoms with Crippen LogP contribution in [-0.2, 0) is 17.8 Å². The summed E-state index contributed by atoms with van der Waals surface area (Å²) in [4.78, 5) is 11.8. The Kier molecular flexibility index (Phi) is 5.97. The van der Waals surface area contributed by atoms with Gasteiger partial charge in [-0.3, -0.25) is 4.68 Å². The van der Waals surface area contributed by atoms with Crippen LogP contribution >= 0.6 is 0 Å². The Morgan fingerprint density at radius 1 is 1.32 bits per heavy atom. The third kappa shape index (κ3) is 4.89. The lowest BCUT2D eigenvalue weighted by atomic mass is 10.1. The van der Waals surface area contributed by atoms with E-state index in [1.54, 1.807) is 13.3 Å². The average Bonchev–Trinajstić information content (AvgIpc) is 2.99. The van der Waals surface area contributed by atoms with Crippen molar-refractivity contribution < 1.29 is 9.53 Å². The first-order chi connectivity index (χ1) is 10.7. The van der Waals surface area contributed by atoms with Crippen LogP contribution in [0, 0.1) is 0 Å². The van der Waals surface area contributed by atoms with Crippen molar-refractivity contribution in [2.24, 2.45) is 0 Å². The molecule has 2 amide bonds. The number of nitrogens with zero attached hydrogens (tertiary/aromatic N) is 2. The number of urea groups is 1. The van der Waals surface area contributed by atoms with Crippen LogP contribution in [0.4, 0.5) is 4.79 Å². The van der Waals surface area contributed by atoms with E-state index < -0.39 is 0 Å². The molecule has 0 aliphatic carbocycles. The molecule has 0 aliphatic heterocycles. The van der Waals surface area contributed by atoms with Gasteiger partial charge in [0.25, 0.3) is 0 Å². The van der Waals surface area contributed by atoms with Crippen molar-refractivity contribution in [1.29, 1.82) is 0 Å². The molecule has 22 heavy (non-hydrogen) atoms. The van der Waals surface area contributed by atoms with Crippen molar-refractivity contribution >= 4 is 6.03 Å². The van der Waals surface area contributed by atoms with E-state index in [1.165, 1.54) is 0 Å². The second kappa shape index (κ2) is 8.19. The lowest BCUT2D eigenvalue weighted by Crippen LogP contribution is -2.42. The SMILES string of the molecule is COCC(C)NC(=O)NCc1ccccc1Cn1cccn1. The fourth-order valence-corrected chi connectivity index (χ4v) is 2.19. The van der Waals surface area contributed by atoms with Gasteiger partial charge in [0, 0.05) is 26.0 Å². The summed E-state index contributed by atoms with van der Waals surface area (Å²) in [5, 5.41) is 9.91. The molecule has 0 spiro atoms. The molecule has 6 nitrogen and oxygen atoms in total. The van der Waals surface area contributed by atoms with Crippen LogP contribution in [0.3, 0.4) is 0 Å². The largest absolute Gasteiger partial charge is 0.383 e. The van der Waals surface area contributed by atoms with Gasteiger partial charge in [0.1, 0.15) is 0 Å². The molecule has 0 saturated heterocycles. The molecular formula is C16H22N4O2. The van der Waals surface area contributed by atoms with Gasteiger partial charge in [-0.1, -0.05) is 24.3 Å². The molecule has 0 radical (unpaired) electrons. The fourth-order valence-electron chi connectivity index (χ4n) is 2.19. The predicted octanol–water partition coefficient (Wildman–Crippen LogP) is 1.77. The monoisotopic (exact) mass is 302 g/mol. The highest BCUT2D eigenvalue weighted by Gasteiger charge is 2.08. The highest BCUT2D eigenvalue weighted by atomic mass is 16.5. The second-order valence-electron chi connectivity index (χ2n) is 5.16. The number of hydrogen-bond donors (Lipinski definition) is 2. The van der Waals surface area contributed by atoms with E-state index in [4.69, 9.17) is 4.74 Å². The van der Waals surface area contributed by atoms with Crippen molar-refractivity contribution in [2.75, 3.05) is 13.7 Å². The zero-order valence-electron chi connectivity index (χ0n) is 13.0. The number of benzene rings is 1. The third-order valence-corrected chi connectivity index (χ3v) is 3.24. The summed E-state index contributed by atoms with van der Waals surface area (Å²) in [6.45, 7) is 3.55. The van der Waals surface area contributed by atoms with Crippen molar-refractivity contribution in [2.45, 2.75) is 26.1 Å². The molecule has 6 heteroatoms. The lowest BCUT2D eigenvalue weighted by Gasteiger charge is -2.15. The Morgan fingerprint density at radius 2 is 2.09 bits per heavy atom. The highest BCUT2D eigenvalue weighted by molar-refractivity contribution is 5.74. The molecule has 1 unspecified atom stereocenters. The maximum atomic E-state index is 11.8. The first-order valence-corrected chi connectivity index (χ1v) is 7.26. The van der Waals surface area contributed by atoms with Gasteiger partial charge in [0.2, 0.25) is 0 Å². The predicted molar refractivity (Wildman–Crippen MR) is 84.5 cm³/mol. The van der Waals surface area contributed by atoms with Gasteiger partial charge in [-0.15, -0.1) is 0 Å². The maximum Gasteiger partial charge on any atom is 0.315 e. The molecule has 1 aromatic heterocycles. The number of nitrogens with one attached hydrogen (secondary N) is 2. The minimum Gasteiger partial charge on any atom is -0.383 e. The van der Waals surface area contributed by atoms with Crippen molar-refractivity contribution in [3.05, 3.63) is 53.9 Å². The molecular weight excluding hydrogens is 280 g/mol. The van der Waals surface area contributed by atoms with Crippen LogP contribution in [0.5, 0.6) is 0 Å². The number of ether oxygens (including phenoxy) is 1. The van der Waals surface area contributed by atoms with E-state index >= 15 is 0 Å². The Bertz CT molecular complexity index is 584. The van der Waals surface area contributed by atoms with Gasteiger partial charge in [-0.2, -0.15) is 5.10 Å². The number of carbonyl (C=O) groups is 1. The van der Waals surface area contributed by atoms with Crippen LogP contribution < -0.4 is 10.6 Å². The Hall–Kier alpha value is -2.34. The molecule has 0 aliphatic rings. The maximum absolute atomic E-state index is 11.8. The molecule has 0 bridgehead atoms. The van der Waals surface area contributed by atoms with E-state index in [2.05, 4.69) is 15.7 Å². The molecule has 2 rings (SSSR count). The average molecular weight is 302 g/mol. The first-order valence-electron chi connectivity index (χ1n) is 7.26. The Balaban J connectivity index is 1.91. The smallest absolute Gasteiger partial charge is 0.315 e. The zero-order chi connectivity index (χ0) is 15.8. The molecule has 2 N–H and O–H groups in total. The summed E-state index contributed by atoms with van der Waals surface area (Å²) in [6.07, 6.45) is 3.68. The molecule has 1 heterocycles. The minimum absolute atomic E-state index is 0.0238. The number of amides is 2. The van der Waals surface area contributed by atoms with Crippen molar-refractivity contribution in [3.63, 3.8) is 0 Å². The second-order valence-corrected chi connectivity index (χ2v) is 5.16. The van der Waals surface area contributed by atoms with E-state index in [-0.39, 0.29) is 12.1 Å². The van der Waals surface area contributed by atoms with E-state index in [1.807, 2.05) is 48.1 Å². The first kappa shape index (κ1) is 16.0. The fraction of sp³-hybridized carbons (Fsp3) is 0.375. The minimum atomic E-state index is -0.196. The van der Waals surface area contributed by atoms with Crippen LogP contribution in [-0.4, -0.2) is 35.6 Å². The van der Waals surface area contributed by atoms with Crippen LogP contribution in [0.1, 0.15) is 18.1 Å². The van der Waals surface area contributed by atoms with E-state index in [0.29, 0.717) is 19.7 Å². The summed E-state index contributed by atoms with van der Waals surface area (Å²) in [5.41, 5.74) is 2.21. The summed E-state index contributed by atoms with van der Waals surface area (Å²) in [5.74, 6) is 0. The number of rotatable bonds is 7. The topological polar surface area (TPSA) is 68.2 Å². The summed E-state index contributed by atoms with van der Waals surface area (Å²) in [6, 6.07) is 9.69. The molecule has 0 saturated carbocycles. The summed E-state index contributed by atoms with van der Waals surface area (Å²) < 4.78 is 6.85. The van der Waals surface area contributed by atoms with Crippen LogP contribution in [0.2, 0.25) is 0 Å². The summed E-state index contributed by atoms with van der Waals surface area (Å²) >= 11 is 0. The van der Waals surface area contributed by atoms with E-state index in [9.17, 15) is 4.79 Å². The van der Waals surface area contributed by atoms with Gasteiger partial charge < -0.3 is 15.4 Å². The molecule has 0 fully saturated rings. The van der Waals surface area contributed by atoms with Gasteiger partial charge in [-0.25, -0.2) is 4.79 Å². The highest BCUT2D eigenvalue weighted by Crippen LogP contribution is 2.10. The van der Waals surface area contributed by atoms with Crippen LogP contribution in [0.25, 0.3) is 0 Å². The molecule has 1 atom stereocenters. The Labute approximate surface area is 130 Å². The van der Waals surface area contributed by atoms with Gasteiger partial charge >= 0.3 is 6.03 Å². The van der Waals surface area contributed by atoms with Gasteiger partial charge in [0.15, 0.2) is 0 Å². The molecule has 2 aromatic rings. The third-order valence-electron chi connectivity index (χ3n) is 3.24. The van der Waals surface area contributed by atoms with E-state index in [0.717, 1.165) is 11.1 Å². The zero-order valence-corrected chi connectivity index (χ0v) is 13.0. The normalized spacial score (nSPS) is 11.9. The number of methoxy groups -OCH3 is 1. The van der Waals surface area contributed by atoms with Crippen molar-refractivity contribution in [3.8, 4) is 0 Å². The number of aromatic nitrogens is 2.